The number of esters is 1. The highest BCUT2D eigenvalue weighted by atomic mass is 16.5. The monoisotopic (exact) mass is 233 g/mol. The fourth-order valence-corrected chi connectivity index (χ4v) is 1.74. The SMILES string of the molecule is CCOC(=O)Cc1c(O)ccc(C#N)c1CC. The van der Waals surface area contributed by atoms with Crippen molar-refractivity contribution in [1.82, 2.24) is 0 Å². The van der Waals surface area contributed by atoms with Gasteiger partial charge in [0.05, 0.1) is 24.7 Å². The van der Waals surface area contributed by atoms with Crippen LogP contribution < -0.4 is 0 Å². The number of nitriles is 1. The van der Waals surface area contributed by atoms with E-state index >= 15 is 0 Å². The smallest absolute Gasteiger partial charge is 0.310 e. The maximum Gasteiger partial charge on any atom is 0.310 e. The van der Waals surface area contributed by atoms with E-state index in [1.54, 1.807) is 13.0 Å². The van der Waals surface area contributed by atoms with Crippen LogP contribution in [0.4, 0.5) is 0 Å². The van der Waals surface area contributed by atoms with Crippen LogP contribution in [0.5, 0.6) is 5.75 Å². The summed E-state index contributed by atoms with van der Waals surface area (Å²) in [6, 6.07) is 5.05. The molecule has 0 bridgehead atoms. The minimum Gasteiger partial charge on any atom is -0.508 e. The van der Waals surface area contributed by atoms with E-state index in [0.717, 1.165) is 0 Å². The van der Waals surface area contributed by atoms with Crippen molar-refractivity contribution in [3.8, 4) is 11.8 Å². The van der Waals surface area contributed by atoms with Gasteiger partial charge in [0, 0.05) is 5.56 Å². The zero-order valence-electron chi connectivity index (χ0n) is 9.99. The van der Waals surface area contributed by atoms with Crippen molar-refractivity contribution in [2.24, 2.45) is 0 Å². The predicted octanol–water partition coefficient (Wildman–Crippen LogP) is 1.93. The molecule has 0 atom stereocenters. The normalized spacial score (nSPS) is 9.71. The number of rotatable bonds is 4. The minimum atomic E-state index is -0.396. The summed E-state index contributed by atoms with van der Waals surface area (Å²) in [5, 5.41) is 18.7. The fourth-order valence-electron chi connectivity index (χ4n) is 1.74. The Balaban J connectivity index is 3.13. The molecular weight excluding hydrogens is 218 g/mol. The Morgan fingerprint density at radius 3 is 2.65 bits per heavy atom. The Hall–Kier alpha value is -2.02. The van der Waals surface area contributed by atoms with E-state index in [4.69, 9.17) is 10.00 Å². The number of aromatic hydroxyl groups is 1. The van der Waals surface area contributed by atoms with Gasteiger partial charge in [-0.05, 0) is 31.0 Å². The van der Waals surface area contributed by atoms with E-state index in [2.05, 4.69) is 6.07 Å². The summed E-state index contributed by atoms with van der Waals surface area (Å²) in [5.41, 5.74) is 1.69. The Bertz CT molecular complexity index is 460. The molecular formula is C13H15NO3. The second kappa shape index (κ2) is 5.90. The van der Waals surface area contributed by atoms with Crippen LogP contribution in [-0.4, -0.2) is 17.7 Å². The molecule has 1 N–H and O–H groups in total. The molecule has 90 valence electrons. The molecule has 0 saturated carbocycles. The number of phenols is 1. The summed E-state index contributed by atoms with van der Waals surface area (Å²) >= 11 is 0. The molecule has 0 radical (unpaired) electrons. The molecule has 0 heterocycles. The van der Waals surface area contributed by atoms with Gasteiger partial charge >= 0.3 is 5.97 Å². The molecule has 0 spiro atoms. The fraction of sp³-hybridized carbons (Fsp3) is 0.385. The van der Waals surface area contributed by atoms with Crippen molar-refractivity contribution in [3.63, 3.8) is 0 Å². The molecule has 0 saturated heterocycles. The lowest BCUT2D eigenvalue weighted by atomic mass is 9.96. The Morgan fingerprint density at radius 1 is 1.41 bits per heavy atom. The van der Waals surface area contributed by atoms with Crippen molar-refractivity contribution in [2.75, 3.05) is 6.61 Å². The van der Waals surface area contributed by atoms with Gasteiger partial charge in [0.1, 0.15) is 5.75 Å². The largest absolute Gasteiger partial charge is 0.508 e. The summed E-state index contributed by atoms with van der Waals surface area (Å²) < 4.78 is 4.84. The van der Waals surface area contributed by atoms with Gasteiger partial charge < -0.3 is 9.84 Å². The van der Waals surface area contributed by atoms with Crippen LogP contribution in [0.2, 0.25) is 0 Å². The zero-order valence-corrected chi connectivity index (χ0v) is 9.99. The molecule has 17 heavy (non-hydrogen) atoms. The molecule has 4 nitrogen and oxygen atoms in total. The molecule has 1 aromatic carbocycles. The number of nitrogens with zero attached hydrogens (tertiary/aromatic N) is 1. The van der Waals surface area contributed by atoms with Crippen molar-refractivity contribution in [1.29, 1.82) is 5.26 Å². The van der Waals surface area contributed by atoms with Crippen molar-refractivity contribution in [2.45, 2.75) is 26.7 Å². The lowest BCUT2D eigenvalue weighted by molar-refractivity contribution is -0.142. The first-order valence-corrected chi connectivity index (χ1v) is 5.53. The van der Waals surface area contributed by atoms with Gasteiger partial charge in [-0.3, -0.25) is 4.79 Å². The average molecular weight is 233 g/mol. The third-order valence-corrected chi connectivity index (χ3v) is 2.51. The van der Waals surface area contributed by atoms with E-state index in [9.17, 15) is 9.90 Å². The highest BCUT2D eigenvalue weighted by molar-refractivity contribution is 5.74. The molecule has 0 aliphatic heterocycles. The van der Waals surface area contributed by atoms with Crippen LogP contribution in [-0.2, 0) is 22.4 Å². The molecule has 0 aliphatic rings. The topological polar surface area (TPSA) is 70.3 Å². The molecule has 0 unspecified atom stereocenters. The van der Waals surface area contributed by atoms with Gasteiger partial charge in [-0.1, -0.05) is 6.92 Å². The maximum atomic E-state index is 11.4. The van der Waals surface area contributed by atoms with E-state index in [-0.39, 0.29) is 12.2 Å². The minimum absolute atomic E-state index is 0.00162. The number of carbonyl (C=O) groups excluding carboxylic acids is 1. The van der Waals surface area contributed by atoms with Gasteiger partial charge in [-0.15, -0.1) is 0 Å². The van der Waals surface area contributed by atoms with Gasteiger partial charge in [-0.25, -0.2) is 0 Å². The number of phenolic OH excluding ortho intramolecular Hbond substituents is 1. The lowest BCUT2D eigenvalue weighted by Gasteiger charge is -2.11. The Labute approximate surface area is 100 Å². The average Bonchev–Trinajstić information content (AvgIpc) is 2.31. The molecule has 0 fully saturated rings. The van der Waals surface area contributed by atoms with Crippen LogP contribution in [0.25, 0.3) is 0 Å². The van der Waals surface area contributed by atoms with Crippen LogP contribution in [0.3, 0.4) is 0 Å². The summed E-state index contributed by atoms with van der Waals surface area (Å²) in [6.45, 7) is 3.91. The molecule has 1 rings (SSSR count). The predicted molar refractivity (Wildman–Crippen MR) is 62.5 cm³/mol. The van der Waals surface area contributed by atoms with Crippen LogP contribution >= 0.6 is 0 Å². The third kappa shape index (κ3) is 2.97. The first kappa shape index (κ1) is 13.0. The van der Waals surface area contributed by atoms with Crippen molar-refractivity contribution >= 4 is 5.97 Å². The first-order chi connectivity index (χ1) is 8.13. The third-order valence-electron chi connectivity index (χ3n) is 2.51. The van der Waals surface area contributed by atoms with E-state index in [1.807, 2.05) is 6.92 Å². The van der Waals surface area contributed by atoms with Crippen LogP contribution in [0.1, 0.15) is 30.5 Å². The first-order valence-electron chi connectivity index (χ1n) is 5.53. The molecule has 0 aromatic heterocycles. The standard InChI is InChI=1S/C13H15NO3/c1-3-10-9(8-14)5-6-12(15)11(10)7-13(16)17-4-2/h5-6,15H,3-4,7H2,1-2H3. The molecule has 0 aliphatic carbocycles. The second-order valence-corrected chi connectivity index (χ2v) is 3.54. The molecule has 0 amide bonds. The van der Waals surface area contributed by atoms with Crippen LogP contribution in [0, 0.1) is 11.3 Å². The summed E-state index contributed by atoms with van der Waals surface area (Å²) in [7, 11) is 0. The van der Waals surface area contributed by atoms with Crippen molar-refractivity contribution < 1.29 is 14.6 Å². The summed E-state index contributed by atoms with van der Waals surface area (Å²) in [4.78, 5) is 11.4. The number of carbonyl (C=O) groups is 1. The van der Waals surface area contributed by atoms with Crippen LogP contribution in [0.15, 0.2) is 12.1 Å². The van der Waals surface area contributed by atoms with Crippen molar-refractivity contribution in [3.05, 3.63) is 28.8 Å². The lowest BCUT2D eigenvalue weighted by Crippen LogP contribution is -2.10. The van der Waals surface area contributed by atoms with E-state index in [1.165, 1.54) is 6.07 Å². The Kier molecular flexibility index (Phi) is 4.53. The van der Waals surface area contributed by atoms with Gasteiger partial charge in [0.2, 0.25) is 0 Å². The van der Waals surface area contributed by atoms with Gasteiger partial charge in [0.15, 0.2) is 0 Å². The summed E-state index contributed by atoms with van der Waals surface area (Å²) in [5.74, 6) is -0.360. The van der Waals surface area contributed by atoms with Gasteiger partial charge in [0.25, 0.3) is 0 Å². The summed E-state index contributed by atoms with van der Waals surface area (Å²) in [6.07, 6.45) is 0.588. The number of hydrogen-bond acceptors (Lipinski definition) is 4. The highest BCUT2D eigenvalue weighted by Gasteiger charge is 2.15. The maximum absolute atomic E-state index is 11.4. The quantitative estimate of drug-likeness (QED) is 0.807. The highest BCUT2D eigenvalue weighted by Crippen LogP contribution is 2.25. The number of ether oxygens (including phenoxy) is 1. The second-order valence-electron chi connectivity index (χ2n) is 3.54. The number of hydrogen-bond donors (Lipinski definition) is 1. The molecule has 4 heteroatoms. The zero-order chi connectivity index (χ0) is 12.8. The molecule has 1 aromatic rings. The van der Waals surface area contributed by atoms with E-state index < -0.39 is 5.97 Å². The van der Waals surface area contributed by atoms with E-state index in [0.29, 0.717) is 29.7 Å². The Morgan fingerprint density at radius 2 is 2.12 bits per heavy atom. The van der Waals surface area contributed by atoms with Gasteiger partial charge in [-0.2, -0.15) is 5.26 Å². The number of benzene rings is 1.